The van der Waals surface area contributed by atoms with Gasteiger partial charge in [-0.05, 0) is 56.0 Å². The van der Waals surface area contributed by atoms with Gasteiger partial charge < -0.3 is 26.2 Å². The smallest absolute Gasteiger partial charge is 0.309 e. The molecule has 0 unspecified atom stereocenters. The second kappa shape index (κ2) is 9.47. The van der Waals surface area contributed by atoms with Crippen molar-refractivity contribution in [2.24, 2.45) is 11.7 Å². The van der Waals surface area contributed by atoms with E-state index >= 15 is 0 Å². The van der Waals surface area contributed by atoms with Crippen LogP contribution in [0.3, 0.4) is 0 Å². The molecule has 4 amide bonds. The molecule has 1 aliphatic heterocycles. The van der Waals surface area contributed by atoms with Gasteiger partial charge in [0.15, 0.2) is 0 Å². The lowest BCUT2D eigenvalue weighted by atomic mass is 9.81. The zero-order valence-electron chi connectivity index (χ0n) is 18.3. The van der Waals surface area contributed by atoms with Crippen LogP contribution < -0.4 is 16.4 Å². The highest BCUT2D eigenvalue weighted by molar-refractivity contribution is 6.34. The van der Waals surface area contributed by atoms with Crippen molar-refractivity contribution < 1.29 is 19.2 Å². The van der Waals surface area contributed by atoms with Gasteiger partial charge >= 0.3 is 11.8 Å². The summed E-state index contributed by atoms with van der Waals surface area (Å²) in [5.41, 5.74) is 8.00. The lowest BCUT2D eigenvalue weighted by molar-refractivity contribution is -0.138. The number of likely N-dealkylation sites (N-methyl/N-ethyl adjacent to an activating group) is 1. The summed E-state index contributed by atoms with van der Waals surface area (Å²) in [7, 11) is 5.46. The first-order valence-electron chi connectivity index (χ1n) is 10.6. The van der Waals surface area contributed by atoms with E-state index in [1.807, 2.05) is 12.1 Å². The molecule has 2 aliphatic rings. The summed E-state index contributed by atoms with van der Waals surface area (Å²) in [4.78, 5) is 52.3. The molecule has 1 fully saturated rings. The Morgan fingerprint density at radius 2 is 1.81 bits per heavy atom. The lowest BCUT2D eigenvalue weighted by Gasteiger charge is -2.37. The Hall–Kier alpha value is -2.94. The molecule has 3 atom stereocenters. The van der Waals surface area contributed by atoms with Gasteiger partial charge in [0, 0.05) is 44.7 Å². The Kier molecular flexibility index (Phi) is 6.94. The fourth-order valence-electron chi connectivity index (χ4n) is 4.42. The predicted octanol–water partition coefficient (Wildman–Crippen LogP) is -0.369. The number of nitrogens with zero attached hydrogens (tertiary/aromatic N) is 2. The van der Waals surface area contributed by atoms with E-state index in [1.165, 1.54) is 10.5 Å². The Morgan fingerprint density at radius 1 is 1.06 bits per heavy atom. The maximum atomic E-state index is 13.0. The molecule has 0 saturated heterocycles. The number of carbonyl (C=O) groups excluding carboxylic acids is 4. The molecule has 3 rings (SSSR count). The van der Waals surface area contributed by atoms with Crippen LogP contribution in [0, 0.1) is 5.92 Å². The molecule has 0 spiro atoms. The summed E-state index contributed by atoms with van der Waals surface area (Å²) < 4.78 is 0. The van der Waals surface area contributed by atoms with Crippen molar-refractivity contribution in [3.63, 3.8) is 0 Å². The van der Waals surface area contributed by atoms with Crippen LogP contribution in [0.2, 0.25) is 0 Å². The highest BCUT2D eigenvalue weighted by Gasteiger charge is 2.36. The number of rotatable bonds is 4. The molecule has 1 heterocycles. The fourth-order valence-corrected chi connectivity index (χ4v) is 4.42. The number of nitrogens with two attached hydrogens (primary N) is 1. The van der Waals surface area contributed by atoms with Crippen LogP contribution in [0.1, 0.15) is 40.7 Å². The van der Waals surface area contributed by atoms with E-state index in [4.69, 9.17) is 5.73 Å². The first-order valence-corrected chi connectivity index (χ1v) is 10.6. The monoisotopic (exact) mass is 429 g/mol. The van der Waals surface area contributed by atoms with Crippen LogP contribution in [0.5, 0.6) is 0 Å². The quantitative estimate of drug-likeness (QED) is 0.564. The van der Waals surface area contributed by atoms with E-state index in [0.717, 1.165) is 25.1 Å². The minimum atomic E-state index is -1.07. The van der Waals surface area contributed by atoms with Gasteiger partial charge in [-0.15, -0.1) is 0 Å². The molecule has 168 valence electrons. The minimum Gasteiger partial charge on any atom is -0.361 e. The van der Waals surface area contributed by atoms with Gasteiger partial charge in [0.05, 0.1) is 6.04 Å². The van der Waals surface area contributed by atoms with Crippen molar-refractivity contribution in [2.75, 3.05) is 27.7 Å². The van der Waals surface area contributed by atoms with Crippen LogP contribution in [-0.4, -0.2) is 73.2 Å². The number of carbonyl (C=O) groups is 4. The van der Waals surface area contributed by atoms with Gasteiger partial charge in [-0.3, -0.25) is 19.2 Å². The van der Waals surface area contributed by atoms with Gasteiger partial charge in [0.2, 0.25) is 5.91 Å². The topological polar surface area (TPSA) is 125 Å². The second-order valence-corrected chi connectivity index (χ2v) is 8.74. The van der Waals surface area contributed by atoms with Gasteiger partial charge in [-0.2, -0.15) is 0 Å². The van der Waals surface area contributed by atoms with Crippen molar-refractivity contribution in [1.82, 2.24) is 20.4 Å². The molecule has 0 aromatic heterocycles. The number of hydrogen-bond acceptors (Lipinski definition) is 5. The van der Waals surface area contributed by atoms with Crippen molar-refractivity contribution in [1.29, 1.82) is 0 Å². The molecule has 4 N–H and O–H groups in total. The normalized spacial score (nSPS) is 23.4. The Morgan fingerprint density at radius 3 is 2.48 bits per heavy atom. The van der Waals surface area contributed by atoms with E-state index in [1.54, 1.807) is 20.2 Å². The highest BCUT2D eigenvalue weighted by atomic mass is 16.2. The molecule has 9 heteroatoms. The Balaban J connectivity index is 1.76. The highest BCUT2D eigenvalue weighted by Crippen LogP contribution is 2.27. The van der Waals surface area contributed by atoms with Gasteiger partial charge in [-0.25, -0.2) is 0 Å². The number of amides is 4. The van der Waals surface area contributed by atoms with Gasteiger partial charge in [0.25, 0.3) is 5.91 Å². The third-order valence-corrected chi connectivity index (χ3v) is 6.17. The second-order valence-electron chi connectivity index (χ2n) is 8.74. The molecular weight excluding hydrogens is 398 g/mol. The standard InChI is InChI=1S/C22H31N5O4/c1-26(2)22(31)15-6-7-17(24-21(30)19(23)28)18(11-15)25-20(29)14-4-5-16-12-27(3)9-8-13(16)10-14/h4-5,10,15,17-18H,6-9,11-12H2,1-3H3,(H2,23,28)(H,24,30)(H,25,29)/t15-,17-,18+/m0/s1. The van der Waals surface area contributed by atoms with Crippen LogP contribution in [-0.2, 0) is 27.3 Å². The Bertz CT molecular complexity index is 885. The van der Waals surface area contributed by atoms with E-state index in [9.17, 15) is 19.2 Å². The number of fused-ring (bicyclic) bond motifs is 1. The maximum absolute atomic E-state index is 13.0. The number of hydrogen-bond donors (Lipinski definition) is 3. The van der Waals surface area contributed by atoms with E-state index in [2.05, 4.69) is 22.6 Å². The Labute approximate surface area is 182 Å². The molecule has 9 nitrogen and oxygen atoms in total. The minimum absolute atomic E-state index is 0.0168. The van der Waals surface area contributed by atoms with Crippen molar-refractivity contribution in [2.45, 2.75) is 44.3 Å². The zero-order valence-corrected chi connectivity index (χ0v) is 18.3. The first kappa shape index (κ1) is 22.7. The van der Waals surface area contributed by atoms with Crippen LogP contribution in [0.4, 0.5) is 0 Å². The average Bonchev–Trinajstić information content (AvgIpc) is 2.73. The lowest BCUT2D eigenvalue weighted by Crippen LogP contribution is -2.57. The van der Waals surface area contributed by atoms with E-state index < -0.39 is 23.9 Å². The third kappa shape index (κ3) is 5.41. The summed E-state index contributed by atoms with van der Waals surface area (Å²) in [6, 6.07) is 4.74. The van der Waals surface area contributed by atoms with E-state index in [0.29, 0.717) is 24.8 Å². The summed E-state index contributed by atoms with van der Waals surface area (Å²) in [5.74, 6) is -2.50. The van der Waals surface area contributed by atoms with Gasteiger partial charge in [0.1, 0.15) is 0 Å². The fraction of sp³-hybridized carbons (Fsp3) is 0.545. The van der Waals surface area contributed by atoms with Gasteiger partial charge in [-0.1, -0.05) is 6.07 Å². The molecule has 1 aliphatic carbocycles. The first-order chi connectivity index (χ1) is 14.7. The molecule has 1 saturated carbocycles. The zero-order chi connectivity index (χ0) is 22.7. The van der Waals surface area contributed by atoms with Crippen LogP contribution >= 0.6 is 0 Å². The molecule has 0 bridgehead atoms. The molecule has 0 radical (unpaired) electrons. The summed E-state index contributed by atoms with van der Waals surface area (Å²) in [5, 5.41) is 5.59. The molecule has 31 heavy (non-hydrogen) atoms. The van der Waals surface area contributed by atoms with Crippen LogP contribution in [0.25, 0.3) is 0 Å². The molecular formula is C22H31N5O4. The summed E-state index contributed by atoms with van der Waals surface area (Å²) in [6.45, 7) is 1.80. The van der Waals surface area contributed by atoms with Crippen molar-refractivity contribution in [3.8, 4) is 0 Å². The summed E-state index contributed by atoms with van der Waals surface area (Å²) in [6.07, 6.45) is 2.28. The van der Waals surface area contributed by atoms with E-state index in [-0.39, 0.29) is 17.7 Å². The summed E-state index contributed by atoms with van der Waals surface area (Å²) >= 11 is 0. The average molecular weight is 430 g/mol. The molecule has 1 aromatic carbocycles. The largest absolute Gasteiger partial charge is 0.361 e. The SMILES string of the molecule is CN1CCc2cc(C(=O)N[C@@H]3C[C@@H](C(=O)N(C)C)CC[C@@H]3NC(=O)C(N)=O)ccc2C1. The maximum Gasteiger partial charge on any atom is 0.309 e. The number of primary amides is 1. The predicted molar refractivity (Wildman–Crippen MR) is 115 cm³/mol. The van der Waals surface area contributed by atoms with Crippen molar-refractivity contribution in [3.05, 3.63) is 34.9 Å². The number of nitrogens with one attached hydrogen (secondary N) is 2. The molecule has 1 aromatic rings. The number of benzene rings is 1. The van der Waals surface area contributed by atoms with Crippen LogP contribution in [0.15, 0.2) is 18.2 Å². The van der Waals surface area contributed by atoms with Crippen molar-refractivity contribution >= 4 is 23.6 Å². The third-order valence-electron chi connectivity index (χ3n) is 6.17.